The maximum Gasteiger partial charge on any atom is 0.264 e. The van der Waals surface area contributed by atoms with Gasteiger partial charge in [-0.3, -0.25) is 4.31 Å². The van der Waals surface area contributed by atoms with Crippen LogP contribution >= 0.6 is 0 Å². The maximum atomic E-state index is 14.5. The van der Waals surface area contributed by atoms with Crippen molar-refractivity contribution in [3.63, 3.8) is 0 Å². The van der Waals surface area contributed by atoms with Gasteiger partial charge in [0.15, 0.2) is 11.5 Å². The third-order valence-corrected chi connectivity index (χ3v) is 8.10. The predicted octanol–water partition coefficient (Wildman–Crippen LogP) is 4.14. The zero-order valence-corrected chi connectivity index (χ0v) is 21.1. The molecule has 0 saturated carbocycles. The predicted molar refractivity (Wildman–Crippen MR) is 133 cm³/mol. The van der Waals surface area contributed by atoms with Crippen molar-refractivity contribution in [2.24, 2.45) is 0 Å². The summed E-state index contributed by atoms with van der Waals surface area (Å²) in [6.07, 6.45) is 0.410. The molecule has 1 aliphatic rings. The number of benzene rings is 3. The average Bonchev–Trinajstić information content (AvgIpc) is 3.40. The molecule has 0 amide bonds. The van der Waals surface area contributed by atoms with E-state index in [-0.39, 0.29) is 22.6 Å². The van der Waals surface area contributed by atoms with E-state index in [9.17, 15) is 17.2 Å². The number of nitrogens with zero attached hydrogens (tertiary/aromatic N) is 1. The van der Waals surface area contributed by atoms with Crippen molar-refractivity contribution in [2.75, 3.05) is 38.7 Å². The van der Waals surface area contributed by atoms with Crippen LogP contribution in [0.4, 0.5) is 14.5 Å². The third-order valence-electron chi connectivity index (χ3n) is 6.24. The van der Waals surface area contributed by atoms with Gasteiger partial charge in [0.2, 0.25) is 0 Å². The molecule has 1 fully saturated rings. The summed E-state index contributed by atoms with van der Waals surface area (Å²) >= 11 is 0. The minimum atomic E-state index is -4.14. The summed E-state index contributed by atoms with van der Waals surface area (Å²) < 4.78 is 74.6. The van der Waals surface area contributed by atoms with Gasteiger partial charge >= 0.3 is 0 Å². The Balaban J connectivity index is 1.89. The second-order valence-electron chi connectivity index (χ2n) is 8.34. The van der Waals surface area contributed by atoms with Gasteiger partial charge in [-0.2, -0.15) is 0 Å². The van der Waals surface area contributed by atoms with Crippen LogP contribution in [0.15, 0.2) is 59.5 Å². The summed E-state index contributed by atoms with van der Waals surface area (Å²) in [7, 11) is 0.223. The van der Waals surface area contributed by atoms with Crippen molar-refractivity contribution in [2.45, 2.75) is 23.8 Å². The first kappa shape index (κ1) is 25.7. The number of hydrogen-bond acceptors (Lipinski definition) is 6. The number of anilines is 1. The number of halogens is 2. The SMILES string of the molecule is COc1ccc(Cc2c(F)cccc2F)c(N([C@H]2CCNC2)S(=O)(=O)c2ccc(OC)c(OC)c2)c1. The summed E-state index contributed by atoms with van der Waals surface area (Å²) in [5, 5.41) is 3.20. The lowest BCUT2D eigenvalue weighted by Crippen LogP contribution is -2.42. The number of nitrogens with one attached hydrogen (secondary N) is 1. The number of ether oxygens (including phenoxy) is 3. The van der Waals surface area contributed by atoms with Gasteiger partial charge in [0, 0.05) is 30.7 Å². The summed E-state index contributed by atoms with van der Waals surface area (Å²) in [5.74, 6) is -0.326. The molecule has 1 saturated heterocycles. The first-order valence-corrected chi connectivity index (χ1v) is 12.8. The molecule has 3 aromatic rings. The van der Waals surface area contributed by atoms with Crippen molar-refractivity contribution >= 4 is 15.7 Å². The van der Waals surface area contributed by atoms with E-state index in [4.69, 9.17) is 14.2 Å². The van der Waals surface area contributed by atoms with E-state index in [1.54, 1.807) is 18.2 Å². The first-order valence-electron chi connectivity index (χ1n) is 11.4. The zero-order chi connectivity index (χ0) is 25.9. The maximum absolute atomic E-state index is 14.5. The minimum absolute atomic E-state index is 0.00195. The molecular formula is C26H28F2N2O5S. The van der Waals surface area contributed by atoms with E-state index in [1.807, 2.05) is 0 Å². The van der Waals surface area contributed by atoms with Gasteiger partial charge in [0.25, 0.3) is 10.0 Å². The molecule has 4 rings (SSSR count). The molecule has 192 valence electrons. The molecule has 0 unspecified atom stereocenters. The second kappa shape index (κ2) is 10.7. The number of methoxy groups -OCH3 is 3. The fraction of sp³-hybridized carbons (Fsp3) is 0.308. The van der Waals surface area contributed by atoms with Gasteiger partial charge in [-0.25, -0.2) is 17.2 Å². The lowest BCUT2D eigenvalue weighted by molar-refractivity contribution is 0.354. The molecule has 0 bridgehead atoms. The van der Waals surface area contributed by atoms with Crippen LogP contribution in [0.1, 0.15) is 17.5 Å². The van der Waals surface area contributed by atoms with Gasteiger partial charge in [-0.1, -0.05) is 12.1 Å². The zero-order valence-electron chi connectivity index (χ0n) is 20.3. The van der Waals surface area contributed by atoms with Gasteiger partial charge in [-0.15, -0.1) is 0 Å². The van der Waals surface area contributed by atoms with Crippen LogP contribution in [-0.4, -0.2) is 48.9 Å². The highest BCUT2D eigenvalue weighted by molar-refractivity contribution is 7.92. The molecule has 0 spiro atoms. The molecule has 10 heteroatoms. The molecule has 36 heavy (non-hydrogen) atoms. The fourth-order valence-corrected chi connectivity index (χ4v) is 6.09. The Kier molecular flexibility index (Phi) is 7.65. The third kappa shape index (κ3) is 4.96. The lowest BCUT2D eigenvalue weighted by Gasteiger charge is -2.32. The molecule has 1 aliphatic heterocycles. The van der Waals surface area contributed by atoms with E-state index >= 15 is 0 Å². The summed E-state index contributed by atoms with van der Waals surface area (Å²) in [6, 6.07) is 12.5. The molecule has 1 N–H and O–H groups in total. The largest absolute Gasteiger partial charge is 0.497 e. The molecule has 7 nitrogen and oxygen atoms in total. The van der Waals surface area contributed by atoms with Crippen LogP contribution < -0.4 is 23.8 Å². The molecule has 0 radical (unpaired) electrons. The highest BCUT2D eigenvalue weighted by Crippen LogP contribution is 2.37. The minimum Gasteiger partial charge on any atom is -0.497 e. The van der Waals surface area contributed by atoms with Crippen molar-refractivity contribution in [3.8, 4) is 17.2 Å². The summed E-state index contributed by atoms with van der Waals surface area (Å²) in [5.41, 5.74) is 0.591. The number of rotatable bonds is 9. The molecule has 1 atom stereocenters. The molecule has 1 heterocycles. The molecular weight excluding hydrogens is 490 g/mol. The van der Waals surface area contributed by atoms with Crippen LogP contribution in [0.3, 0.4) is 0 Å². The van der Waals surface area contributed by atoms with Crippen molar-refractivity contribution in [3.05, 3.63) is 77.4 Å². The number of sulfonamides is 1. The molecule has 0 aromatic heterocycles. The van der Waals surface area contributed by atoms with Gasteiger partial charge in [0.1, 0.15) is 17.4 Å². The molecule has 3 aromatic carbocycles. The second-order valence-corrected chi connectivity index (χ2v) is 10.2. The first-order chi connectivity index (χ1) is 17.3. The highest BCUT2D eigenvalue weighted by atomic mass is 32.2. The van der Waals surface area contributed by atoms with Crippen LogP contribution in [0.5, 0.6) is 17.2 Å². The van der Waals surface area contributed by atoms with E-state index in [2.05, 4.69) is 5.32 Å². The van der Waals surface area contributed by atoms with Crippen LogP contribution in [0.25, 0.3) is 0 Å². The van der Waals surface area contributed by atoms with E-state index in [0.29, 0.717) is 42.3 Å². The van der Waals surface area contributed by atoms with Crippen LogP contribution in [-0.2, 0) is 16.4 Å². The average molecular weight is 519 g/mol. The summed E-state index contributed by atoms with van der Waals surface area (Å²) in [4.78, 5) is -0.00195. The Morgan fingerprint density at radius 2 is 1.67 bits per heavy atom. The monoisotopic (exact) mass is 518 g/mol. The Bertz CT molecular complexity index is 1320. The van der Waals surface area contributed by atoms with Gasteiger partial charge in [-0.05, 0) is 48.9 Å². The van der Waals surface area contributed by atoms with E-state index in [0.717, 1.165) is 0 Å². The van der Waals surface area contributed by atoms with Gasteiger partial charge in [0.05, 0.1) is 38.0 Å². The van der Waals surface area contributed by atoms with Crippen molar-refractivity contribution in [1.29, 1.82) is 0 Å². The Hall–Kier alpha value is -3.37. The van der Waals surface area contributed by atoms with Crippen molar-refractivity contribution in [1.82, 2.24) is 5.32 Å². The Morgan fingerprint density at radius 3 is 2.28 bits per heavy atom. The van der Waals surface area contributed by atoms with E-state index in [1.165, 1.54) is 62.0 Å². The standard InChI is InChI=1S/C26H28F2N2O5S/c1-33-19-8-7-17(13-21-22(27)5-4-6-23(21)28)24(14-19)30(18-11-12-29-16-18)36(31,32)20-9-10-25(34-2)26(15-20)35-3/h4-10,14-15,18,29H,11-13,16H2,1-3H3/t18-/m0/s1. The van der Waals surface area contributed by atoms with Crippen molar-refractivity contribution < 1.29 is 31.4 Å². The van der Waals surface area contributed by atoms with Crippen LogP contribution in [0, 0.1) is 11.6 Å². The topological polar surface area (TPSA) is 77.1 Å². The van der Waals surface area contributed by atoms with Gasteiger partial charge < -0.3 is 19.5 Å². The normalized spacial score (nSPS) is 15.5. The molecule has 0 aliphatic carbocycles. The summed E-state index contributed by atoms with van der Waals surface area (Å²) in [6.45, 7) is 1.04. The highest BCUT2D eigenvalue weighted by Gasteiger charge is 2.36. The number of hydrogen-bond donors (Lipinski definition) is 1. The Labute approximate surface area is 209 Å². The van der Waals surface area contributed by atoms with E-state index < -0.39 is 27.7 Å². The smallest absolute Gasteiger partial charge is 0.264 e. The Morgan fingerprint density at radius 1 is 0.944 bits per heavy atom. The fourth-order valence-electron chi connectivity index (χ4n) is 4.37. The van der Waals surface area contributed by atoms with Crippen LogP contribution in [0.2, 0.25) is 0 Å². The quantitative estimate of drug-likeness (QED) is 0.459. The lowest BCUT2D eigenvalue weighted by atomic mass is 10.0.